The highest BCUT2D eigenvalue weighted by Gasteiger charge is 2.22. The fourth-order valence-corrected chi connectivity index (χ4v) is 4.05. The first kappa shape index (κ1) is 20.0. The van der Waals surface area contributed by atoms with Crippen LogP contribution >= 0.6 is 0 Å². The molecule has 0 aliphatic carbocycles. The van der Waals surface area contributed by atoms with Gasteiger partial charge in [0.1, 0.15) is 5.75 Å². The molecule has 27 heavy (non-hydrogen) atoms. The van der Waals surface area contributed by atoms with Gasteiger partial charge in [-0.05, 0) is 44.0 Å². The van der Waals surface area contributed by atoms with Crippen LogP contribution in [0.3, 0.4) is 0 Å². The Morgan fingerprint density at radius 3 is 2.74 bits per heavy atom. The first-order chi connectivity index (χ1) is 13.2. The number of piperidine rings is 1. The second kappa shape index (κ2) is 9.95. The smallest absolute Gasteiger partial charge is 0.317 e. The maximum absolute atomic E-state index is 12.4. The molecule has 1 atom stereocenters. The number of amides is 2. The number of methoxy groups -OCH3 is 1. The highest BCUT2D eigenvalue weighted by molar-refractivity contribution is 5.74. The molecule has 2 heterocycles. The van der Waals surface area contributed by atoms with E-state index in [0.717, 1.165) is 51.6 Å². The second-order valence-corrected chi connectivity index (χ2v) is 7.73. The van der Waals surface area contributed by atoms with Crippen LogP contribution in [-0.2, 0) is 6.54 Å². The van der Waals surface area contributed by atoms with E-state index >= 15 is 0 Å². The van der Waals surface area contributed by atoms with Crippen molar-refractivity contribution < 1.29 is 9.53 Å². The molecule has 2 aliphatic heterocycles. The minimum atomic E-state index is 0.0840. The lowest BCUT2D eigenvalue weighted by atomic mass is 10.0. The van der Waals surface area contributed by atoms with Crippen LogP contribution in [0.4, 0.5) is 4.79 Å². The third-order valence-electron chi connectivity index (χ3n) is 5.82. The normalized spacial score (nSPS) is 21.9. The van der Waals surface area contributed by atoms with Gasteiger partial charge in [-0.15, -0.1) is 0 Å². The molecular weight excluding hydrogens is 340 g/mol. The topological polar surface area (TPSA) is 48.1 Å². The Kier molecular flexibility index (Phi) is 7.35. The third kappa shape index (κ3) is 5.84. The molecule has 150 valence electrons. The average Bonchev–Trinajstić information content (AvgIpc) is 2.70. The third-order valence-corrected chi connectivity index (χ3v) is 5.82. The van der Waals surface area contributed by atoms with Crippen LogP contribution in [-0.4, -0.2) is 79.7 Å². The number of hydrogen-bond acceptors (Lipinski definition) is 4. The van der Waals surface area contributed by atoms with Crippen molar-refractivity contribution in [3.63, 3.8) is 0 Å². The summed E-state index contributed by atoms with van der Waals surface area (Å²) in [6.07, 6.45) is 3.90. The van der Waals surface area contributed by atoms with Gasteiger partial charge < -0.3 is 15.0 Å². The summed E-state index contributed by atoms with van der Waals surface area (Å²) in [7, 11) is 1.70. The van der Waals surface area contributed by atoms with Crippen molar-refractivity contribution in [3.8, 4) is 5.75 Å². The SMILES string of the molecule is COc1cccc(CN2CCN(C(=O)NCCN3CCCCC3C)CC2)c1. The lowest BCUT2D eigenvalue weighted by Gasteiger charge is -2.35. The van der Waals surface area contributed by atoms with Crippen molar-refractivity contribution in [2.75, 3.05) is 52.9 Å². The summed E-state index contributed by atoms with van der Waals surface area (Å²) < 4.78 is 5.30. The Balaban J connectivity index is 1.36. The van der Waals surface area contributed by atoms with E-state index in [1.54, 1.807) is 7.11 Å². The number of urea groups is 1. The number of ether oxygens (including phenoxy) is 1. The summed E-state index contributed by atoms with van der Waals surface area (Å²) in [5, 5.41) is 3.11. The van der Waals surface area contributed by atoms with Crippen molar-refractivity contribution in [2.45, 2.75) is 38.8 Å². The van der Waals surface area contributed by atoms with E-state index in [4.69, 9.17) is 4.74 Å². The molecule has 0 saturated carbocycles. The molecule has 1 N–H and O–H groups in total. The molecule has 1 unspecified atom stereocenters. The summed E-state index contributed by atoms with van der Waals surface area (Å²) >= 11 is 0. The Morgan fingerprint density at radius 2 is 2.00 bits per heavy atom. The van der Waals surface area contributed by atoms with Crippen LogP contribution in [0.2, 0.25) is 0 Å². The number of carbonyl (C=O) groups excluding carboxylic acids is 1. The van der Waals surface area contributed by atoms with Gasteiger partial charge in [0.05, 0.1) is 7.11 Å². The molecule has 2 saturated heterocycles. The van der Waals surface area contributed by atoms with Crippen molar-refractivity contribution in [2.24, 2.45) is 0 Å². The van der Waals surface area contributed by atoms with Crippen LogP contribution in [0.25, 0.3) is 0 Å². The van der Waals surface area contributed by atoms with E-state index in [1.165, 1.54) is 31.4 Å². The molecule has 3 rings (SSSR count). The van der Waals surface area contributed by atoms with Gasteiger partial charge in [-0.3, -0.25) is 9.80 Å². The predicted molar refractivity (Wildman–Crippen MR) is 108 cm³/mol. The van der Waals surface area contributed by atoms with E-state index < -0.39 is 0 Å². The van der Waals surface area contributed by atoms with E-state index in [-0.39, 0.29) is 6.03 Å². The fourth-order valence-electron chi connectivity index (χ4n) is 4.05. The number of hydrogen-bond donors (Lipinski definition) is 1. The summed E-state index contributed by atoms with van der Waals surface area (Å²) in [6, 6.07) is 8.94. The van der Waals surface area contributed by atoms with Crippen LogP contribution in [0.1, 0.15) is 31.7 Å². The summed E-state index contributed by atoms with van der Waals surface area (Å²) in [5.41, 5.74) is 1.25. The molecule has 0 aromatic heterocycles. The van der Waals surface area contributed by atoms with Crippen molar-refractivity contribution in [1.82, 2.24) is 20.0 Å². The zero-order valence-corrected chi connectivity index (χ0v) is 16.8. The van der Waals surface area contributed by atoms with E-state index in [1.807, 2.05) is 17.0 Å². The molecule has 2 amide bonds. The predicted octanol–water partition coefficient (Wildman–Crippen LogP) is 2.40. The molecule has 6 heteroatoms. The average molecular weight is 375 g/mol. The van der Waals surface area contributed by atoms with Gasteiger partial charge in [0.2, 0.25) is 0 Å². The number of likely N-dealkylation sites (tertiary alicyclic amines) is 1. The zero-order chi connectivity index (χ0) is 19.1. The van der Waals surface area contributed by atoms with Crippen LogP contribution in [0, 0.1) is 0 Å². The Morgan fingerprint density at radius 1 is 1.19 bits per heavy atom. The number of carbonyl (C=O) groups is 1. The lowest BCUT2D eigenvalue weighted by Crippen LogP contribution is -2.52. The summed E-state index contributed by atoms with van der Waals surface area (Å²) in [6.45, 7) is 9.46. The standard InChI is InChI=1S/C21H34N4O2/c1-18-6-3-4-10-24(18)11-9-22-21(26)25-14-12-23(13-15-25)17-19-7-5-8-20(16-19)27-2/h5,7-8,16,18H,3-4,6,9-15,17H2,1-2H3,(H,22,26). The maximum atomic E-state index is 12.4. The monoisotopic (exact) mass is 374 g/mol. The Hall–Kier alpha value is -1.79. The largest absolute Gasteiger partial charge is 0.497 e. The van der Waals surface area contributed by atoms with Gasteiger partial charge in [-0.2, -0.15) is 0 Å². The first-order valence-corrected chi connectivity index (χ1v) is 10.3. The minimum Gasteiger partial charge on any atom is -0.497 e. The van der Waals surface area contributed by atoms with E-state index in [9.17, 15) is 4.79 Å². The Bertz CT molecular complexity index is 602. The first-order valence-electron chi connectivity index (χ1n) is 10.3. The number of rotatable bonds is 6. The van der Waals surface area contributed by atoms with Gasteiger partial charge in [0.15, 0.2) is 0 Å². The summed E-state index contributed by atoms with van der Waals surface area (Å²) in [5.74, 6) is 0.897. The van der Waals surface area contributed by atoms with Gasteiger partial charge in [0.25, 0.3) is 0 Å². The summed E-state index contributed by atoms with van der Waals surface area (Å²) in [4.78, 5) is 19.3. The van der Waals surface area contributed by atoms with Gasteiger partial charge in [-0.1, -0.05) is 18.6 Å². The lowest BCUT2D eigenvalue weighted by molar-refractivity contribution is 0.131. The Labute approximate surface area is 163 Å². The number of nitrogens with one attached hydrogen (secondary N) is 1. The fraction of sp³-hybridized carbons (Fsp3) is 0.667. The van der Waals surface area contributed by atoms with E-state index in [0.29, 0.717) is 6.04 Å². The van der Waals surface area contributed by atoms with E-state index in [2.05, 4.69) is 34.2 Å². The molecule has 0 radical (unpaired) electrons. The molecule has 2 fully saturated rings. The van der Waals surface area contributed by atoms with Gasteiger partial charge >= 0.3 is 6.03 Å². The molecule has 1 aromatic rings. The van der Waals surface area contributed by atoms with Crippen LogP contribution in [0.5, 0.6) is 5.75 Å². The molecule has 1 aromatic carbocycles. The van der Waals surface area contributed by atoms with Gasteiger partial charge in [0, 0.05) is 51.9 Å². The molecule has 0 bridgehead atoms. The highest BCUT2D eigenvalue weighted by atomic mass is 16.5. The number of nitrogens with zero attached hydrogens (tertiary/aromatic N) is 3. The van der Waals surface area contributed by atoms with Crippen molar-refractivity contribution >= 4 is 6.03 Å². The number of benzene rings is 1. The quantitative estimate of drug-likeness (QED) is 0.831. The molecule has 6 nitrogen and oxygen atoms in total. The van der Waals surface area contributed by atoms with Gasteiger partial charge in [-0.25, -0.2) is 4.79 Å². The molecule has 2 aliphatic rings. The minimum absolute atomic E-state index is 0.0840. The second-order valence-electron chi connectivity index (χ2n) is 7.73. The van der Waals surface area contributed by atoms with Crippen molar-refractivity contribution in [1.29, 1.82) is 0 Å². The highest BCUT2D eigenvalue weighted by Crippen LogP contribution is 2.16. The maximum Gasteiger partial charge on any atom is 0.317 e. The number of piperazine rings is 1. The van der Waals surface area contributed by atoms with Crippen LogP contribution in [0.15, 0.2) is 24.3 Å². The zero-order valence-electron chi connectivity index (χ0n) is 16.8. The van der Waals surface area contributed by atoms with Crippen molar-refractivity contribution in [3.05, 3.63) is 29.8 Å². The van der Waals surface area contributed by atoms with Crippen LogP contribution < -0.4 is 10.1 Å². The molecular formula is C21H34N4O2. The molecule has 0 spiro atoms.